The number of halogens is 2. The summed E-state index contributed by atoms with van der Waals surface area (Å²) in [6.45, 7) is 1.27. The lowest BCUT2D eigenvalue weighted by Crippen LogP contribution is -2.40. The smallest absolute Gasteiger partial charge is 0.257 e. The van der Waals surface area contributed by atoms with Crippen LogP contribution in [-0.2, 0) is 14.8 Å². The molecule has 4 rings (SSSR count). The van der Waals surface area contributed by atoms with Crippen LogP contribution in [0.4, 0.5) is 13.9 Å². The van der Waals surface area contributed by atoms with E-state index in [4.69, 9.17) is 4.74 Å². The number of sulfonamides is 1. The van der Waals surface area contributed by atoms with Crippen LogP contribution in [0.3, 0.4) is 0 Å². The Labute approximate surface area is 181 Å². The zero-order chi connectivity index (χ0) is 22.0. The monoisotopic (exact) mass is 465 g/mol. The van der Waals surface area contributed by atoms with Gasteiger partial charge in [-0.05, 0) is 42.5 Å². The van der Waals surface area contributed by atoms with Crippen LogP contribution in [0.1, 0.15) is 10.4 Å². The average molecular weight is 466 g/mol. The van der Waals surface area contributed by atoms with E-state index in [-0.39, 0.29) is 28.7 Å². The molecule has 0 saturated carbocycles. The molecule has 1 fully saturated rings. The topological polar surface area (TPSA) is 88.6 Å². The molecule has 7 nitrogen and oxygen atoms in total. The Morgan fingerprint density at radius 3 is 2.45 bits per heavy atom. The van der Waals surface area contributed by atoms with Crippen LogP contribution in [0.25, 0.3) is 11.3 Å². The van der Waals surface area contributed by atoms with Gasteiger partial charge >= 0.3 is 0 Å². The van der Waals surface area contributed by atoms with Gasteiger partial charge in [0.05, 0.1) is 23.8 Å². The van der Waals surface area contributed by atoms with Crippen molar-refractivity contribution in [2.24, 2.45) is 0 Å². The molecule has 2 aromatic carbocycles. The molecule has 0 atom stereocenters. The quantitative estimate of drug-likeness (QED) is 0.624. The van der Waals surface area contributed by atoms with Crippen LogP contribution < -0.4 is 5.32 Å². The van der Waals surface area contributed by atoms with Gasteiger partial charge < -0.3 is 4.74 Å². The number of ether oxygens (including phenoxy) is 1. The van der Waals surface area contributed by atoms with Crippen LogP contribution in [0, 0.1) is 11.6 Å². The highest BCUT2D eigenvalue weighted by Crippen LogP contribution is 2.26. The molecule has 1 N–H and O–H groups in total. The Balaban J connectivity index is 1.45. The Kier molecular flexibility index (Phi) is 6.10. The first kappa shape index (κ1) is 21.5. The number of carbonyl (C=O) groups is 1. The minimum atomic E-state index is -3.64. The summed E-state index contributed by atoms with van der Waals surface area (Å²) in [6, 6.07) is 9.05. The number of morpholine rings is 1. The van der Waals surface area contributed by atoms with Gasteiger partial charge in [-0.3, -0.25) is 10.1 Å². The molecule has 11 heteroatoms. The van der Waals surface area contributed by atoms with E-state index in [9.17, 15) is 22.0 Å². The highest BCUT2D eigenvalue weighted by Gasteiger charge is 2.26. The number of anilines is 1. The van der Waals surface area contributed by atoms with E-state index in [0.717, 1.165) is 23.5 Å². The summed E-state index contributed by atoms with van der Waals surface area (Å²) >= 11 is 1.13. The number of nitrogens with one attached hydrogen (secondary N) is 1. The third-order valence-electron chi connectivity index (χ3n) is 4.66. The molecule has 162 valence electrons. The molecule has 2 heterocycles. The second-order valence-corrected chi connectivity index (χ2v) is 9.46. The molecule has 3 aromatic rings. The number of hydrogen-bond acceptors (Lipinski definition) is 6. The maximum atomic E-state index is 13.4. The van der Waals surface area contributed by atoms with Crippen molar-refractivity contribution >= 4 is 32.4 Å². The van der Waals surface area contributed by atoms with Crippen molar-refractivity contribution in [3.05, 3.63) is 65.0 Å². The molecule has 0 radical (unpaired) electrons. The van der Waals surface area contributed by atoms with Crippen molar-refractivity contribution < 1.29 is 26.7 Å². The first-order valence-corrected chi connectivity index (χ1v) is 11.6. The number of aromatic nitrogens is 1. The van der Waals surface area contributed by atoms with Crippen LogP contribution in [-0.4, -0.2) is 49.9 Å². The molecule has 1 aliphatic heterocycles. The number of thiazole rings is 1. The lowest BCUT2D eigenvalue weighted by atomic mass is 10.2. The van der Waals surface area contributed by atoms with E-state index in [1.807, 2.05) is 0 Å². The molecule has 0 spiro atoms. The Morgan fingerprint density at radius 1 is 1.06 bits per heavy atom. The molecular formula is C20H17F2N3O4S2. The third-order valence-corrected chi connectivity index (χ3v) is 7.33. The van der Waals surface area contributed by atoms with Gasteiger partial charge in [-0.2, -0.15) is 4.31 Å². The molecule has 31 heavy (non-hydrogen) atoms. The van der Waals surface area contributed by atoms with Gasteiger partial charge in [0.2, 0.25) is 10.0 Å². The van der Waals surface area contributed by atoms with Crippen LogP contribution >= 0.6 is 11.3 Å². The zero-order valence-corrected chi connectivity index (χ0v) is 17.7. The van der Waals surface area contributed by atoms with Crippen LogP contribution in [0.15, 0.2) is 52.7 Å². The lowest BCUT2D eigenvalue weighted by Gasteiger charge is -2.26. The largest absolute Gasteiger partial charge is 0.379 e. The van der Waals surface area contributed by atoms with E-state index in [0.29, 0.717) is 24.5 Å². The second kappa shape index (κ2) is 8.79. The number of benzene rings is 2. The van der Waals surface area contributed by atoms with E-state index in [2.05, 4.69) is 10.3 Å². The van der Waals surface area contributed by atoms with Crippen molar-refractivity contribution in [1.29, 1.82) is 0 Å². The molecule has 1 aliphatic rings. The minimum absolute atomic E-state index is 0.0980. The normalized spacial score (nSPS) is 15.0. The summed E-state index contributed by atoms with van der Waals surface area (Å²) in [5.74, 6) is -2.41. The van der Waals surface area contributed by atoms with Gasteiger partial charge in [0, 0.05) is 29.6 Å². The summed E-state index contributed by atoms with van der Waals surface area (Å²) in [5, 5.41) is 4.50. The molecular weight excluding hydrogens is 448 g/mol. The first-order chi connectivity index (χ1) is 14.8. The van der Waals surface area contributed by atoms with Crippen molar-refractivity contribution in [2.45, 2.75) is 4.90 Å². The fourth-order valence-electron chi connectivity index (χ4n) is 3.00. The Morgan fingerprint density at radius 2 is 1.77 bits per heavy atom. The van der Waals surface area contributed by atoms with Crippen molar-refractivity contribution in [2.75, 3.05) is 31.6 Å². The van der Waals surface area contributed by atoms with Crippen molar-refractivity contribution in [3.8, 4) is 11.3 Å². The third kappa shape index (κ3) is 4.64. The van der Waals surface area contributed by atoms with Gasteiger partial charge in [-0.25, -0.2) is 22.2 Å². The van der Waals surface area contributed by atoms with Crippen molar-refractivity contribution in [3.63, 3.8) is 0 Å². The molecule has 0 aliphatic carbocycles. The summed E-state index contributed by atoms with van der Waals surface area (Å²) in [6.07, 6.45) is 0. The SMILES string of the molecule is O=C(Nc1nc(-c2ccc(F)c(F)c2)cs1)c1ccc(S(=O)(=O)N2CCOCC2)cc1. The molecule has 1 saturated heterocycles. The maximum Gasteiger partial charge on any atom is 0.257 e. The first-order valence-electron chi connectivity index (χ1n) is 9.25. The predicted molar refractivity (Wildman–Crippen MR) is 111 cm³/mol. The van der Waals surface area contributed by atoms with E-state index < -0.39 is 27.6 Å². The van der Waals surface area contributed by atoms with Gasteiger partial charge in [-0.15, -0.1) is 11.3 Å². The minimum Gasteiger partial charge on any atom is -0.379 e. The van der Waals surface area contributed by atoms with E-state index >= 15 is 0 Å². The standard InChI is InChI=1S/C20H17F2N3O4S2/c21-16-6-3-14(11-17(16)22)18-12-30-20(23-18)24-19(26)13-1-4-15(5-2-13)31(27,28)25-7-9-29-10-8-25/h1-6,11-12H,7-10H2,(H,23,24,26). The summed E-state index contributed by atoms with van der Waals surface area (Å²) < 4.78 is 58.3. The van der Waals surface area contributed by atoms with Gasteiger partial charge in [0.1, 0.15) is 0 Å². The number of nitrogens with zero attached hydrogens (tertiary/aromatic N) is 2. The summed E-state index contributed by atoms with van der Waals surface area (Å²) in [4.78, 5) is 16.8. The van der Waals surface area contributed by atoms with Crippen LogP contribution in [0.2, 0.25) is 0 Å². The van der Waals surface area contributed by atoms with Gasteiger partial charge in [0.25, 0.3) is 5.91 Å². The number of hydrogen-bond donors (Lipinski definition) is 1. The van der Waals surface area contributed by atoms with Gasteiger partial charge in [0.15, 0.2) is 16.8 Å². The molecule has 1 amide bonds. The summed E-state index contributed by atoms with van der Waals surface area (Å²) in [7, 11) is -3.64. The second-order valence-electron chi connectivity index (χ2n) is 6.66. The zero-order valence-electron chi connectivity index (χ0n) is 16.0. The van der Waals surface area contributed by atoms with E-state index in [1.54, 1.807) is 5.38 Å². The van der Waals surface area contributed by atoms with E-state index in [1.165, 1.54) is 34.6 Å². The molecule has 0 unspecified atom stereocenters. The molecule has 0 bridgehead atoms. The van der Waals surface area contributed by atoms with Crippen LogP contribution in [0.5, 0.6) is 0 Å². The van der Waals surface area contributed by atoms with Gasteiger partial charge in [-0.1, -0.05) is 0 Å². The van der Waals surface area contributed by atoms with Crippen molar-refractivity contribution in [1.82, 2.24) is 9.29 Å². The summed E-state index contributed by atoms with van der Waals surface area (Å²) in [5.41, 5.74) is 1.03. The predicted octanol–water partition coefficient (Wildman–Crippen LogP) is 3.36. The Hall–Kier alpha value is -2.73. The fraction of sp³-hybridized carbons (Fsp3) is 0.200. The highest BCUT2D eigenvalue weighted by atomic mass is 32.2. The highest BCUT2D eigenvalue weighted by molar-refractivity contribution is 7.89. The molecule has 1 aromatic heterocycles. The Bertz CT molecular complexity index is 1210. The number of rotatable bonds is 5. The maximum absolute atomic E-state index is 13.4. The lowest BCUT2D eigenvalue weighted by molar-refractivity contribution is 0.0730. The fourth-order valence-corrected chi connectivity index (χ4v) is 5.13. The number of carbonyl (C=O) groups excluding carboxylic acids is 1. The average Bonchev–Trinajstić information content (AvgIpc) is 3.25. The number of amides is 1.